The summed E-state index contributed by atoms with van der Waals surface area (Å²) in [6, 6.07) is 9.99. The number of nitrogens with zero attached hydrogens (tertiary/aromatic N) is 3. The van der Waals surface area contributed by atoms with Gasteiger partial charge in [-0.3, -0.25) is 24.3 Å². The van der Waals surface area contributed by atoms with Gasteiger partial charge in [-0.1, -0.05) is 29.8 Å². The lowest BCUT2D eigenvalue weighted by Gasteiger charge is -2.18. The van der Waals surface area contributed by atoms with E-state index in [0.717, 1.165) is 34.0 Å². The average molecular weight is 315 g/mol. The van der Waals surface area contributed by atoms with Crippen LogP contribution < -0.4 is 5.56 Å². The second-order valence-corrected chi connectivity index (χ2v) is 5.35. The van der Waals surface area contributed by atoms with Crippen LogP contribution in [0.4, 0.5) is 5.69 Å². The number of hydrogen-bond acceptors (Lipinski definition) is 4. The average Bonchev–Trinajstić information content (AvgIpc) is 2.51. The van der Waals surface area contributed by atoms with Crippen LogP contribution in [-0.2, 0) is 17.9 Å². The van der Waals surface area contributed by atoms with Gasteiger partial charge in [0.25, 0.3) is 11.2 Å². The second-order valence-electron chi connectivity index (χ2n) is 5.35. The SMILES string of the molecule is Cc1ccc(CN(C)C(=O)Cn2cc([N+](=O)[O-])ccc2=O)cc1. The Kier molecular flexibility index (Phi) is 4.90. The lowest BCUT2D eigenvalue weighted by atomic mass is 10.1. The highest BCUT2D eigenvalue weighted by Gasteiger charge is 2.14. The van der Waals surface area contributed by atoms with Crippen LogP contribution in [-0.4, -0.2) is 27.3 Å². The summed E-state index contributed by atoms with van der Waals surface area (Å²) < 4.78 is 1.05. The fourth-order valence-electron chi connectivity index (χ4n) is 2.07. The normalized spacial score (nSPS) is 10.3. The molecule has 7 nitrogen and oxygen atoms in total. The van der Waals surface area contributed by atoms with Crippen molar-refractivity contribution in [2.24, 2.45) is 0 Å². The van der Waals surface area contributed by atoms with Gasteiger partial charge in [0.2, 0.25) is 5.91 Å². The summed E-state index contributed by atoms with van der Waals surface area (Å²) in [7, 11) is 1.63. The van der Waals surface area contributed by atoms with E-state index in [4.69, 9.17) is 0 Å². The Bertz CT molecular complexity index is 781. The summed E-state index contributed by atoms with van der Waals surface area (Å²) in [6.07, 6.45) is 1.08. The Morgan fingerprint density at radius 2 is 1.87 bits per heavy atom. The van der Waals surface area contributed by atoms with Crippen LogP contribution in [0.25, 0.3) is 0 Å². The van der Waals surface area contributed by atoms with E-state index < -0.39 is 10.5 Å². The molecule has 0 spiro atoms. The van der Waals surface area contributed by atoms with Crippen molar-refractivity contribution in [1.29, 1.82) is 0 Å². The van der Waals surface area contributed by atoms with Gasteiger partial charge in [0.1, 0.15) is 6.54 Å². The van der Waals surface area contributed by atoms with E-state index >= 15 is 0 Å². The Hall–Kier alpha value is -2.96. The van der Waals surface area contributed by atoms with E-state index in [-0.39, 0.29) is 18.1 Å². The molecule has 1 amide bonds. The Balaban J connectivity index is 2.09. The largest absolute Gasteiger partial charge is 0.340 e. The maximum atomic E-state index is 12.2. The van der Waals surface area contributed by atoms with E-state index in [9.17, 15) is 19.7 Å². The number of pyridine rings is 1. The number of aromatic nitrogens is 1. The fourth-order valence-corrected chi connectivity index (χ4v) is 2.07. The van der Waals surface area contributed by atoms with Gasteiger partial charge in [-0.15, -0.1) is 0 Å². The number of carbonyl (C=O) groups is 1. The van der Waals surface area contributed by atoms with Crippen molar-refractivity contribution >= 4 is 11.6 Å². The highest BCUT2D eigenvalue weighted by molar-refractivity contribution is 5.75. The van der Waals surface area contributed by atoms with Crippen molar-refractivity contribution in [3.63, 3.8) is 0 Å². The molecule has 120 valence electrons. The smallest absolute Gasteiger partial charge is 0.285 e. The summed E-state index contributed by atoms with van der Waals surface area (Å²) in [6.45, 7) is 2.15. The zero-order valence-corrected chi connectivity index (χ0v) is 12.9. The minimum atomic E-state index is -0.601. The first-order valence-corrected chi connectivity index (χ1v) is 7.01. The number of rotatable bonds is 5. The van der Waals surface area contributed by atoms with Gasteiger partial charge < -0.3 is 4.90 Å². The van der Waals surface area contributed by atoms with Gasteiger partial charge >= 0.3 is 0 Å². The molecule has 2 rings (SSSR count). The number of benzene rings is 1. The molecule has 1 heterocycles. The van der Waals surface area contributed by atoms with Crippen LogP contribution in [0.5, 0.6) is 0 Å². The summed E-state index contributed by atoms with van der Waals surface area (Å²) in [5.41, 5.74) is 1.43. The number of nitro groups is 1. The van der Waals surface area contributed by atoms with Crippen molar-refractivity contribution in [3.05, 3.63) is 74.2 Å². The lowest BCUT2D eigenvalue weighted by Crippen LogP contribution is -2.33. The van der Waals surface area contributed by atoms with Crippen LogP contribution >= 0.6 is 0 Å². The monoisotopic (exact) mass is 315 g/mol. The maximum absolute atomic E-state index is 12.2. The van der Waals surface area contributed by atoms with Crippen LogP contribution in [0.3, 0.4) is 0 Å². The predicted octanol–water partition coefficient (Wildman–Crippen LogP) is 1.72. The maximum Gasteiger partial charge on any atom is 0.285 e. The number of aryl methyl sites for hydroxylation is 1. The molecular weight excluding hydrogens is 298 g/mol. The second kappa shape index (κ2) is 6.87. The molecule has 0 saturated carbocycles. The molecule has 0 saturated heterocycles. The van der Waals surface area contributed by atoms with E-state index in [2.05, 4.69) is 0 Å². The molecule has 0 bridgehead atoms. The Morgan fingerprint density at radius 3 is 2.48 bits per heavy atom. The lowest BCUT2D eigenvalue weighted by molar-refractivity contribution is -0.385. The van der Waals surface area contributed by atoms with E-state index in [1.807, 2.05) is 31.2 Å². The zero-order valence-electron chi connectivity index (χ0n) is 12.9. The minimum absolute atomic E-state index is 0.224. The molecule has 0 atom stereocenters. The standard InChI is InChI=1S/C16H17N3O4/c1-12-3-5-13(6-4-12)9-17(2)16(21)11-18-10-14(19(22)23)7-8-15(18)20/h3-8,10H,9,11H2,1-2H3. The molecule has 0 radical (unpaired) electrons. The highest BCUT2D eigenvalue weighted by atomic mass is 16.6. The van der Waals surface area contributed by atoms with Crippen molar-refractivity contribution < 1.29 is 9.72 Å². The van der Waals surface area contributed by atoms with Crippen LogP contribution in [0.1, 0.15) is 11.1 Å². The molecule has 1 aromatic heterocycles. The third-order valence-electron chi connectivity index (χ3n) is 3.45. The molecule has 0 fully saturated rings. The van der Waals surface area contributed by atoms with Gasteiger partial charge in [0, 0.05) is 25.7 Å². The van der Waals surface area contributed by atoms with Crippen molar-refractivity contribution in [2.45, 2.75) is 20.0 Å². The third-order valence-corrected chi connectivity index (χ3v) is 3.45. The summed E-state index contributed by atoms with van der Waals surface area (Å²) in [4.78, 5) is 35.6. The van der Waals surface area contributed by atoms with E-state index in [1.165, 1.54) is 4.90 Å². The van der Waals surface area contributed by atoms with E-state index in [0.29, 0.717) is 6.54 Å². The number of amides is 1. The van der Waals surface area contributed by atoms with Gasteiger partial charge in [-0.2, -0.15) is 0 Å². The number of hydrogen-bond donors (Lipinski definition) is 0. The van der Waals surface area contributed by atoms with E-state index in [1.54, 1.807) is 7.05 Å². The topological polar surface area (TPSA) is 85.4 Å². The first-order valence-electron chi connectivity index (χ1n) is 7.01. The first-order chi connectivity index (χ1) is 10.9. The summed E-state index contributed by atoms with van der Waals surface area (Å²) in [5.74, 6) is -0.298. The zero-order chi connectivity index (χ0) is 17.0. The third kappa shape index (κ3) is 4.26. The molecule has 1 aromatic carbocycles. The van der Waals surface area contributed by atoms with Gasteiger partial charge in [-0.05, 0) is 12.5 Å². The molecule has 7 heteroatoms. The first kappa shape index (κ1) is 16.4. The summed E-state index contributed by atoms with van der Waals surface area (Å²) >= 11 is 0. The van der Waals surface area contributed by atoms with Crippen molar-refractivity contribution in [1.82, 2.24) is 9.47 Å². The molecule has 0 N–H and O–H groups in total. The molecule has 2 aromatic rings. The molecule has 0 unspecified atom stereocenters. The number of carbonyl (C=O) groups excluding carboxylic acids is 1. The molecule has 23 heavy (non-hydrogen) atoms. The minimum Gasteiger partial charge on any atom is -0.340 e. The van der Waals surface area contributed by atoms with Crippen molar-refractivity contribution in [3.8, 4) is 0 Å². The number of likely N-dealkylation sites (N-methyl/N-ethyl adjacent to an activating group) is 1. The van der Waals surface area contributed by atoms with Crippen LogP contribution in [0, 0.1) is 17.0 Å². The predicted molar refractivity (Wildman–Crippen MR) is 85.0 cm³/mol. The van der Waals surface area contributed by atoms with Gasteiger partial charge in [-0.25, -0.2) is 0 Å². The molecule has 0 aliphatic carbocycles. The quantitative estimate of drug-likeness (QED) is 0.621. The summed E-state index contributed by atoms with van der Waals surface area (Å²) in [5, 5.41) is 10.7. The fraction of sp³-hybridized carbons (Fsp3) is 0.250. The molecule has 0 aliphatic rings. The van der Waals surface area contributed by atoms with Gasteiger partial charge in [0.05, 0.1) is 11.1 Å². The van der Waals surface area contributed by atoms with Gasteiger partial charge in [0.15, 0.2) is 0 Å². The molecular formula is C16H17N3O4. The van der Waals surface area contributed by atoms with Crippen molar-refractivity contribution in [2.75, 3.05) is 7.05 Å². The van der Waals surface area contributed by atoms with Crippen LogP contribution in [0.15, 0.2) is 47.4 Å². The highest BCUT2D eigenvalue weighted by Crippen LogP contribution is 2.08. The Labute approximate surface area is 132 Å². The van der Waals surface area contributed by atoms with Crippen LogP contribution in [0.2, 0.25) is 0 Å². The molecule has 0 aliphatic heterocycles. The Morgan fingerprint density at radius 1 is 1.22 bits per heavy atom.